The van der Waals surface area contributed by atoms with E-state index in [1.54, 1.807) is 0 Å². The van der Waals surface area contributed by atoms with Gasteiger partial charge >= 0.3 is 0 Å². The average molecular weight is 159 g/mol. The quantitative estimate of drug-likeness (QED) is 0.607. The number of halogens is 2. The zero-order chi connectivity index (χ0) is 8.32. The fraction of sp³-hybridized carbons (Fsp3) is 0.875. The summed E-state index contributed by atoms with van der Waals surface area (Å²) in [5.74, 6) is -2.36. The van der Waals surface area contributed by atoms with Crippen LogP contribution in [0.5, 0.6) is 0 Å². The Balaban J connectivity index is 2.26. The van der Waals surface area contributed by atoms with Crippen molar-refractivity contribution in [3.8, 4) is 6.07 Å². The van der Waals surface area contributed by atoms with Gasteiger partial charge < -0.3 is 0 Å². The predicted molar refractivity (Wildman–Crippen MR) is 37.1 cm³/mol. The van der Waals surface area contributed by atoms with Gasteiger partial charge in [0.05, 0.1) is 6.07 Å². The zero-order valence-corrected chi connectivity index (χ0v) is 6.32. The van der Waals surface area contributed by atoms with Crippen molar-refractivity contribution in [3.63, 3.8) is 0 Å². The molecule has 0 spiro atoms. The predicted octanol–water partition coefficient (Wildman–Crippen LogP) is 2.73. The topological polar surface area (TPSA) is 23.8 Å². The van der Waals surface area contributed by atoms with Crippen LogP contribution in [0.25, 0.3) is 0 Å². The van der Waals surface area contributed by atoms with Crippen molar-refractivity contribution in [2.75, 3.05) is 0 Å². The van der Waals surface area contributed by atoms with Gasteiger partial charge in [-0.25, -0.2) is 8.78 Å². The minimum atomic E-state index is -2.44. The van der Waals surface area contributed by atoms with Crippen molar-refractivity contribution >= 4 is 0 Å². The summed E-state index contributed by atoms with van der Waals surface area (Å²) in [4.78, 5) is 0. The molecule has 1 aliphatic rings. The van der Waals surface area contributed by atoms with Crippen LogP contribution in [-0.2, 0) is 0 Å². The lowest BCUT2D eigenvalue weighted by Gasteiger charge is -2.07. The van der Waals surface area contributed by atoms with Gasteiger partial charge in [-0.3, -0.25) is 0 Å². The van der Waals surface area contributed by atoms with Gasteiger partial charge in [0, 0.05) is 19.3 Å². The van der Waals surface area contributed by atoms with Crippen LogP contribution in [-0.4, -0.2) is 5.92 Å². The Morgan fingerprint density at radius 3 is 2.73 bits per heavy atom. The maximum absolute atomic E-state index is 12.5. The average Bonchev–Trinajstić information content (AvgIpc) is 2.26. The molecule has 0 bridgehead atoms. The molecule has 0 N–H and O–H groups in total. The van der Waals surface area contributed by atoms with Crippen LogP contribution >= 0.6 is 0 Å². The molecule has 1 atom stereocenters. The third-order valence-electron chi connectivity index (χ3n) is 2.17. The van der Waals surface area contributed by atoms with Crippen LogP contribution in [0.15, 0.2) is 0 Å². The Hall–Kier alpha value is -0.650. The lowest BCUT2D eigenvalue weighted by molar-refractivity contribution is 0.00477. The summed E-state index contributed by atoms with van der Waals surface area (Å²) >= 11 is 0. The third-order valence-corrected chi connectivity index (χ3v) is 2.17. The molecular formula is C8H11F2N. The summed E-state index contributed by atoms with van der Waals surface area (Å²) in [6, 6.07) is 1.98. The van der Waals surface area contributed by atoms with E-state index in [1.165, 1.54) is 0 Å². The lowest BCUT2D eigenvalue weighted by Crippen LogP contribution is -2.09. The number of hydrogen-bond acceptors (Lipinski definition) is 1. The van der Waals surface area contributed by atoms with Crippen LogP contribution in [0.2, 0.25) is 0 Å². The van der Waals surface area contributed by atoms with E-state index in [-0.39, 0.29) is 18.8 Å². The van der Waals surface area contributed by atoms with Crippen LogP contribution in [0, 0.1) is 17.2 Å². The third kappa shape index (κ3) is 2.45. The highest BCUT2D eigenvalue weighted by atomic mass is 19.3. The maximum Gasteiger partial charge on any atom is 0.248 e. The molecule has 0 aromatic heterocycles. The first-order chi connectivity index (χ1) is 5.14. The summed E-state index contributed by atoms with van der Waals surface area (Å²) in [6.07, 6.45) is 1.67. The normalized spacial score (nSPS) is 28.3. The minimum absolute atomic E-state index is 0.00528. The highest BCUT2D eigenvalue weighted by Gasteiger charge is 2.38. The molecule has 0 amide bonds. The SMILES string of the molecule is N#CCCC1CCC(F)(F)C1. The Morgan fingerprint density at radius 1 is 1.55 bits per heavy atom. The number of nitriles is 1. The number of hydrogen-bond donors (Lipinski definition) is 0. The fourth-order valence-corrected chi connectivity index (χ4v) is 1.56. The molecule has 62 valence electrons. The van der Waals surface area contributed by atoms with Gasteiger partial charge in [0.1, 0.15) is 0 Å². The first-order valence-corrected chi connectivity index (χ1v) is 3.89. The van der Waals surface area contributed by atoms with Crippen molar-refractivity contribution in [3.05, 3.63) is 0 Å². The Kier molecular flexibility index (Phi) is 2.43. The molecular weight excluding hydrogens is 148 g/mol. The van der Waals surface area contributed by atoms with E-state index in [0.29, 0.717) is 19.3 Å². The molecule has 1 rings (SSSR count). The Labute approximate surface area is 65.0 Å². The molecule has 1 unspecified atom stereocenters. The summed E-state index contributed by atoms with van der Waals surface area (Å²) in [5, 5.41) is 8.22. The van der Waals surface area contributed by atoms with E-state index in [4.69, 9.17) is 5.26 Å². The lowest BCUT2D eigenvalue weighted by atomic mass is 10.0. The van der Waals surface area contributed by atoms with E-state index in [0.717, 1.165) is 0 Å². The molecule has 1 fully saturated rings. The van der Waals surface area contributed by atoms with Gasteiger partial charge in [0.15, 0.2) is 0 Å². The van der Waals surface area contributed by atoms with Crippen LogP contribution in [0.4, 0.5) is 8.78 Å². The van der Waals surface area contributed by atoms with Crippen molar-refractivity contribution in [2.45, 2.75) is 38.0 Å². The zero-order valence-electron chi connectivity index (χ0n) is 6.32. The minimum Gasteiger partial charge on any atom is -0.207 e. The van der Waals surface area contributed by atoms with Gasteiger partial charge in [-0.05, 0) is 18.8 Å². The molecule has 1 aliphatic carbocycles. The fourth-order valence-electron chi connectivity index (χ4n) is 1.56. The second-order valence-corrected chi connectivity index (χ2v) is 3.16. The first-order valence-electron chi connectivity index (χ1n) is 3.89. The van der Waals surface area contributed by atoms with Gasteiger partial charge in [0.25, 0.3) is 0 Å². The molecule has 0 heterocycles. The Bertz CT molecular complexity index is 171. The summed E-state index contributed by atoms with van der Waals surface area (Å²) < 4.78 is 25.1. The van der Waals surface area contributed by atoms with E-state index >= 15 is 0 Å². The molecule has 0 aromatic rings. The summed E-state index contributed by atoms with van der Waals surface area (Å²) in [7, 11) is 0. The molecule has 11 heavy (non-hydrogen) atoms. The standard InChI is InChI=1S/C8H11F2N/c9-8(10)4-3-7(6-8)2-1-5-11/h7H,1-4,6H2. The van der Waals surface area contributed by atoms with E-state index in [1.807, 2.05) is 6.07 Å². The number of nitrogens with zero attached hydrogens (tertiary/aromatic N) is 1. The van der Waals surface area contributed by atoms with Gasteiger partial charge in [-0.1, -0.05) is 0 Å². The molecule has 0 aliphatic heterocycles. The Morgan fingerprint density at radius 2 is 2.27 bits per heavy atom. The maximum atomic E-state index is 12.5. The van der Waals surface area contributed by atoms with E-state index in [9.17, 15) is 8.78 Å². The van der Waals surface area contributed by atoms with Crippen molar-refractivity contribution in [1.29, 1.82) is 5.26 Å². The second kappa shape index (κ2) is 3.17. The molecule has 0 aromatic carbocycles. The second-order valence-electron chi connectivity index (χ2n) is 3.16. The molecule has 0 radical (unpaired) electrons. The highest BCUT2D eigenvalue weighted by molar-refractivity contribution is 4.83. The largest absolute Gasteiger partial charge is 0.248 e. The summed E-state index contributed by atoms with van der Waals surface area (Å²) in [5.41, 5.74) is 0. The highest BCUT2D eigenvalue weighted by Crippen LogP contribution is 2.40. The van der Waals surface area contributed by atoms with Crippen LogP contribution in [0.1, 0.15) is 32.1 Å². The van der Waals surface area contributed by atoms with Crippen LogP contribution in [0.3, 0.4) is 0 Å². The summed E-state index contributed by atoms with van der Waals surface area (Å²) in [6.45, 7) is 0. The van der Waals surface area contributed by atoms with Crippen molar-refractivity contribution in [1.82, 2.24) is 0 Å². The van der Waals surface area contributed by atoms with Gasteiger partial charge in [-0.2, -0.15) is 5.26 Å². The number of alkyl halides is 2. The molecule has 0 saturated heterocycles. The van der Waals surface area contributed by atoms with Crippen LogP contribution < -0.4 is 0 Å². The van der Waals surface area contributed by atoms with Gasteiger partial charge in [-0.15, -0.1) is 0 Å². The van der Waals surface area contributed by atoms with Gasteiger partial charge in [0.2, 0.25) is 5.92 Å². The monoisotopic (exact) mass is 159 g/mol. The molecule has 1 nitrogen and oxygen atoms in total. The van der Waals surface area contributed by atoms with E-state index in [2.05, 4.69) is 0 Å². The molecule has 1 saturated carbocycles. The van der Waals surface area contributed by atoms with Crippen molar-refractivity contribution < 1.29 is 8.78 Å². The number of rotatable bonds is 2. The van der Waals surface area contributed by atoms with Crippen molar-refractivity contribution in [2.24, 2.45) is 5.92 Å². The smallest absolute Gasteiger partial charge is 0.207 e. The van der Waals surface area contributed by atoms with E-state index < -0.39 is 5.92 Å². The first kappa shape index (κ1) is 8.45. The molecule has 3 heteroatoms.